The van der Waals surface area contributed by atoms with Gasteiger partial charge in [-0.05, 0) is 32.1 Å². The summed E-state index contributed by atoms with van der Waals surface area (Å²) in [6.45, 7) is 3.82. The van der Waals surface area contributed by atoms with Gasteiger partial charge in [0.2, 0.25) is 5.90 Å². The van der Waals surface area contributed by atoms with Gasteiger partial charge in [-0.3, -0.25) is 4.68 Å². The van der Waals surface area contributed by atoms with E-state index < -0.39 is 5.97 Å². The number of hydrogen-bond acceptors (Lipinski definition) is 4. The summed E-state index contributed by atoms with van der Waals surface area (Å²) in [6, 6.07) is 7.11. The van der Waals surface area contributed by atoms with Crippen molar-refractivity contribution in [1.29, 1.82) is 0 Å². The van der Waals surface area contributed by atoms with Crippen LogP contribution in [0.1, 0.15) is 22.5 Å². The smallest absolute Gasteiger partial charge is 0.363 e. The van der Waals surface area contributed by atoms with E-state index in [0.717, 1.165) is 17.0 Å². The van der Waals surface area contributed by atoms with Crippen LogP contribution in [0.15, 0.2) is 35.0 Å². The Kier molecular flexibility index (Phi) is 3.58. The number of carbonyl (C=O) groups excluding carboxylic acids is 1. The van der Waals surface area contributed by atoms with E-state index in [2.05, 4.69) is 10.1 Å². The highest BCUT2D eigenvalue weighted by molar-refractivity contribution is 6.34. The van der Waals surface area contributed by atoms with Gasteiger partial charge in [0.1, 0.15) is 0 Å². The molecule has 1 aliphatic heterocycles. The molecule has 22 heavy (non-hydrogen) atoms. The van der Waals surface area contributed by atoms with Gasteiger partial charge in [-0.1, -0.05) is 23.7 Å². The third kappa shape index (κ3) is 2.44. The first-order valence-electron chi connectivity index (χ1n) is 6.75. The number of cyclic esters (lactones) is 1. The maximum atomic E-state index is 12.0. The minimum absolute atomic E-state index is 0.223. The molecule has 1 aromatic heterocycles. The number of aromatic nitrogens is 2. The fourth-order valence-corrected chi connectivity index (χ4v) is 2.51. The van der Waals surface area contributed by atoms with Crippen molar-refractivity contribution in [1.82, 2.24) is 9.78 Å². The molecule has 0 spiro atoms. The van der Waals surface area contributed by atoms with E-state index in [4.69, 9.17) is 16.3 Å². The molecule has 0 N–H and O–H groups in total. The molecule has 5 nitrogen and oxygen atoms in total. The van der Waals surface area contributed by atoms with Crippen molar-refractivity contribution < 1.29 is 9.53 Å². The molecular weight excluding hydrogens is 302 g/mol. The van der Waals surface area contributed by atoms with Gasteiger partial charge in [-0.2, -0.15) is 5.10 Å². The molecule has 0 saturated heterocycles. The lowest BCUT2D eigenvalue weighted by molar-refractivity contribution is -0.129. The van der Waals surface area contributed by atoms with Crippen LogP contribution in [-0.2, 0) is 16.6 Å². The highest BCUT2D eigenvalue weighted by atomic mass is 35.5. The van der Waals surface area contributed by atoms with Crippen LogP contribution in [0, 0.1) is 13.8 Å². The van der Waals surface area contributed by atoms with Crippen molar-refractivity contribution in [3.8, 4) is 0 Å². The molecule has 0 atom stereocenters. The summed E-state index contributed by atoms with van der Waals surface area (Å²) < 4.78 is 7.00. The van der Waals surface area contributed by atoms with Crippen molar-refractivity contribution in [3.63, 3.8) is 0 Å². The first kappa shape index (κ1) is 14.5. The van der Waals surface area contributed by atoms with Crippen LogP contribution in [0.2, 0.25) is 5.02 Å². The summed E-state index contributed by atoms with van der Waals surface area (Å²) in [5.74, 6) is -0.265. The molecule has 0 aliphatic carbocycles. The largest absolute Gasteiger partial charge is 0.402 e. The molecule has 3 rings (SSSR count). The Bertz CT molecular complexity index is 834. The zero-order valence-corrected chi connectivity index (χ0v) is 13.2. The summed E-state index contributed by atoms with van der Waals surface area (Å²) in [5.41, 5.74) is 3.51. The van der Waals surface area contributed by atoms with Crippen molar-refractivity contribution in [2.45, 2.75) is 13.8 Å². The van der Waals surface area contributed by atoms with Crippen molar-refractivity contribution >= 4 is 29.5 Å². The lowest BCUT2D eigenvalue weighted by Gasteiger charge is -2.00. The third-order valence-electron chi connectivity index (χ3n) is 3.57. The zero-order chi connectivity index (χ0) is 15.9. The van der Waals surface area contributed by atoms with Crippen molar-refractivity contribution in [2.75, 3.05) is 0 Å². The van der Waals surface area contributed by atoms with Crippen LogP contribution in [0.3, 0.4) is 0 Å². The zero-order valence-electron chi connectivity index (χ0n) is 12.4. The van der Waals surface area contributed by atoms with Crippen LogP contribution in [0.5, 0.6) is 0 Å². The highest BCUT2D eigenvalue weighted by Crippen LogP contribution is 2.25. The quantitative estimate of drug-likeness (QED) is 0.632. The second-order valence-electron chi connectivity index (χ2n) is 5.02. The fraction of sp³-hybridized carbons (Fsp3) is 0.188. The summed E-state index contributed by atoms with van der Waals surface area (Å²) in [7, 11) is 1.86. The van der Waals surface area contributed by atoms with Gasteiger partial charge in [0.25, 0.3) is 0 Å². The molecule has 2 heterocycles. The molecule has 2 aromatic rings. The Hall–Kier alpha value is -2.40. The van der Waals surface area contributed by atoms with E-state index in [1.165, 1.54) is 0 Å². The average Bonchev–Trinajstić information content (AvgIpc) is 2.95. The van der Waals surface area contributed by atoms with E-state index in [1.807, 2.05) is 33.0 Å². The fourth-order valence-electron chi connectivity index (χ4n) is 2.29. The van der Waals surface area contributed by atoms with Crippen LogP contribution in [0.4, 0.5) is 0 Å². The Morgan fingerprint density at radius 1 is 1.27 bits per heavy atom. The number of esters is 1. The first-order chi connectivity index (χ1) is 10.5. The van der Waals surface area contributed by atoms with Crippen LogP contribution >= 0.6 is 11.6 Å². The van der Waals surface area contributed by atoms with Gasteiger partial charge in [-0.15, -0.1) is 0 Å². The maximum Gasteiger partial charge on any atom is 0.363 e. The van der Waals surface area contributed by atoms with Gasteiger partial charge in [0, 0.05) is 18.3 Å². The van der Waals surface area contributed by atoms with Crippen LogP contribution in [0.25, 0.3) is 6.08 Å². The van der Waals surface area contributed by atoms with Crippen LogP contribution < -0.4 is 0 Å². The Labute approximate surface area is 132 Å². The predicted octanol–water partition coefficient (Wildman–Crippen LogP) is 3.03. The molecule has 6 heteroatoms. The molecule has 0 bridgehead atoms. The van der Waals surface area contributed by atoms with Crippen LogP contribution in [-0.4, -0.2) is 21.6 Å². The monoisotopic (exact) mass is 315 g/mol. The Morgan fingerprint density at radius 2 is 2.00 bits per heavy atom. The lowest BCUT2D eigenvalue weighted by Crippen LogP contribution is -2.05. The average molecular weight is 316 g/mol. The number of nitrogens with zero attached hydrogens (tertiary/aromatic N) is 3. The van der Waals surface area contributed by atoms with E-state index >= 15 is 0 Å². The predicted molar refractivity (Wildman–Crippen MR) is 84.7 cm³/mol. The third-order valence-corrected chi connectivity index (χ3v) is 3.90. The highest BCUT2D eigenvalue weighted by Gasteiger charge is 2.26. The SMILES string of the molecule is Cc1nn(C)c(C)c1C=C1N=C(c2ccccc2Cl)OC1=O. The molecule has 1 aliphatic rings. The van der Waals surface area contributed by atoms with Gasteiger partial charge < -0.3 is 4.74 Å². The first-order valence-corrected chi connectivity index (χ1v) is 7.13. The van der Waals surface area contributed by atoms with Gasteiger partial charge in [0.05, 0.1) is 16.3 Å². The molecule has 0 radical (unpaired) electrons. The molecule has 112 valence electrons. The lowest BCUT2D eigenvalue weighted by atomic mass is 10.1. The Morgan fingerprint density at radius 3 is 2.64 bits per heavy atom. The topological polar surface area (TPSA) is 56.5 Å². The van der Waals surface area contributed by atoms with E-state index in [-0.39, 0.29) is 11.6 Å². The summed E-state index contributed by atoms with van der Waals surface area (Å²) in [6.07, 6.45) is 1.70. The normalized spacial score (nSPS) is 16.1. The van der Waals surface area contributed by atoms with E-state index in [0.29, 0.717) is 10.6 Å². The second-order valence-corrected chi connectivity index (χ2v) is 5.43. The van der Waals surface area contributed by atoms with Gasteiger partial charge >= 0.3 is 5.97 Å². The number of ether oxygens (including phenoxy) is 1. The number of hydrogen-bond donors (Lipinski definition) is 0. The summed E-state index contributed by atoms with van der Waals surface area (Å²) in [5, 5.41) is 4.81. The van der Waals surface area contributed by atoms with E-state index in [1.54, 1.807) is 22.9 Å². The molecule has 0 amide bonds. The molecule has 0 fully saturated rings. The minimum Gasteiger partial charge on any atom is -0.402 e. The Balaban J connectivity index is 2.04. The number of benzene rings is 1. The number of aliphatic imine (C=N–C) groups is 1. The maximum absolute atomic E-state index is 12.0. The molecule has 0 saturated carbocycles. The molecular formula is C16H14ClN3O2. The van der Waals surface area contributed by atoms with Crippen molar-refractivity contribution in [3.05, 3.63) is 57.5 Å². The number of carbonyl (C=O) groups is 1. The summed E-state index contributed by atoms with van der Waals surface area (Å²) in [4.78, 5) is 16.3. The number of aryl methyl sites for hydroxylation is 2. The number of rotatable bonds is 2. The van der Waals surface area contributed by atoms with Gasteiger partial charge in [0.15, 0.2) is 5.70 Å². The second kappa shape index (κ2) is 5.42. The standard InChI is InChI=1S/C16H14ClN3O2/c1-9-12(10(2)20(3)19-9)8-14-16(21)22-15(18-14)11-6-4-5-7-13(11)17/h4-8H,1-3H3. The number of halogens is 1. The summed E-state index contributed by atoms with van der Waals surface area (Å²) >= 11 is 6.11. The minimum atomic E-state index is -0.488. The van der Waals surface area contributed by atoms with Crippen molar-refractivity contribution in [2.24, 2.45) is 12.0 Å². The van der Waals surface area contributed by atoms with Gasteiger partial charge in [-0.25, -0.2) is 9.79 Å². The van der Waals surface area contributed by atoms with E-state index in [9.17, 15) is 4.79 Å². The molecule has 0 unspecified atom stereocenters. The molecule has 1 aromatic carbocycles.